The normalized spacial score (nSPS) is 12.6. The van der Waals surface area contributed by atoms with E-state index in [1.54, 1.807) is 0 Å². The highest BCUT2D eigenvalue weighted by Crippen LogP contribution is 2.32. The van der Waals surface area contributed by atoms with E-state index in [1.165, 1.54) is 23.5 Å². The van der Waals surface area contributed by atoms with Crippen LogP contribution in [0.5, 0.6) is 0 Å². The summed E-state index contributed by atoms with van der Waals surface area (Å²) >= 11 is 0. The number of pyridine rings is 1. The predicted molar refractivity (Wildman–Crippen MR) is 143 cm³/mol. The van der Waals surface area contributed by atoms with Crippen LogP contribution in [0.4, 0.5) is 24.7 Å². The molecule has 0 saturated heterocycles. The third kappa shape index (κ3) is 7.25. The molecule has 2 aromatic heterocycles. The first-order valence-corrected chi connectivity index (χ1v) is 12.2. The Balaban J connectivity index is 0.000000247. The van der Waals surface area contributed by atoms with Crippen molar-refractivity contribution in [2.24, 2.45) is 5.92 Å². The van der Waals surface area contributed by atoms with E-state index in [2.05, 4.69) is 62.8 Å². The summed E-state index contributed by atoms with van der Waals surface area (Å²) in [7, 11) is 1.92. The van der Waals surface area contributed by atoms with Gasteiger partial charge in [-0.1, -0.05) is 24.3 Å². The molecule has 2 heterocycles. The van der Waals surface area contributed by atoms with E-state index in [9.17, 15) is 22.8 Å². The lowest BCUT2D eigenvalue weighted by molar-refractivity contribution is -0.141. The molecule has 10 heteroatoms. The van der Waals surface area contributed by atoms with Crippen molar-refractivity contribution in [3.05, 3.63) is 90.0 Å². The lowest BCUT2D eigenvalue weighted by Crippen LogP contribution is -2.14. The highest BCUT2D eigenvalue weighted by molar-refractivity contribution is 5.93. The van der Waals surface area contributed by atoms with Crippen LogP contribution in [-0.2, 0) is 11.0 Å². The fourth-order valence-corrected chi connectivity index (χ4v) is 3.77. The quantitative estimate of drug-likeness (QED) is 0.278. The molecule has 0 unspecified atom stereocenters. The largest absolute Gasteiger partial charge is 0.433 e. The Morgan fingerprint density at radius 2 is 1.74 bits per heavy atom. The average molecular weight is 534 g/mol. The van der Waals surface area contributed by atoms with Crippen molar-refractivity contribution >= 4 is 23.7 Å². The van der Waals surface area contributed by atoms with E-state index < -0.39 is 11.9 Å². The minimum atomic E-state index is -4.49. The van der Waals surface area contributed by atoms with Crippen molar-refractivity contribution in [3.8, 4) is 22.4 Å². The molecule has 0 bridgehead atoms. The van der Waals surface area contributed by atoms with Gasteiger partial charge in [-0.05, 0) is 66.8 Å². The van der Waals surface area contributed by atoms with E-state index in [1.807, 2.05) is 25.2 Å². The topological polar surface area (TPSA) is 96.9 Å². The number of amides is 1. The molecule has 200 valence electrons. The van der Waals surface area contributed by atoms with Crippen molar-refractivity contribution < 1.29 is 22.8 Å². The van der Waals surface area contributed by atoms with Gasteiger partial charge in [-0.3, -0.25) is 14.6 Å². The van der Waals surface area contributed by atoms with Gasteiger partial charge in [-0.25, -0.2) is 9.97 Å². The van der Waals surface area contributed by atoms with Gasteiger partial charge in [0.1, 0.15) is 24.1 Å². The lowest BCUT2D eigenvalue weighted by Gasteiger charge is -2.11. The van der Waals surface area contributed by atoms with Crippen molar-refractivity contribution in [2.45, 2.75) is 25.9 Å². The molecule has 2 N–H and O–H groups in total. The summed E-state index contributed by atoms with van der Waals surface area (Å²) in [6.07, 6.45) is 0.244. The predicted octanol–water partition coefficient (Wildman–Crippen LogP) is 6.42. The Morgan fingerprint density at radius 1 is 0.974 bits per heavy atom. The summed E-state index contributed by atoms with van der Waals surface area (Å²) in [5, 5.41) is 6.08. The van der Waals surface area contributed by atoms with E-state index in [0.717, 1.165) is 41.5 Å². The van der Waals surface area contributed by atoms with E-state index >= 15 is 0 Å². The maximum Gasteiger partial charge on any atom is 0.433 e. The minimum Gasteiger partial charge on any atom is -0.388 e. The van der Waals surface area contributed by atoms with Crippen molar-refractivity contribution in [1.82, 2.24) is 15.0 Å². The van der Waals surface area contributed by atoms with Gasteiger partial charge < -0.3 is 10.6 Å². The summed E-state index contributed by atoms with van der Waals surface area (Å²) in [5.41, 5.74) is 5.31. The molecule has 0 atom stereocenters. The molecule has 1 saturated carbocycles. The zero-order valence-electron chi connectivity index (χ0n) is 21.3. The number of aromatic nitrogens is 3. The highest BCUT2D eigenvalue weighted by Gasteiger charge is 2.32. The van der Waals surface area contributed by atoms with Gasteiger partial charge in [-0.2, -0.15) is 13.2 Å². The maximum absolute atomic E-state index is 12.0. The molecule has 1 aliphatic carbocycles. The number of carbonyl (C=O) groups is 2. The first-order valence-electron chi connectivity index (χ1n) is 12.2. The molecule has 1 fully saturated rings. The molecule has 0 spiro atoms. The van der Waals surface area contributed by atoms with Crippen molar-refractivity contribution in [2.75, 3.05) is 17.7 Å². The monoisotopic (exact) mass is 533 g/mol. The molecule has 39 heavy (non-hydrogen) atoms. The van der Waals surface area contributed by atoms with Crippen LogP contribution in [-0.4, -0.2) is 34.2 Å². The minimum absolute atomic E-state index is 0.0303. The van der Waals surface area contributed by atoms with Gasteiger partial charge >= 0.3 is 6.18 Å². The maximum atomic E-state index is 12.0. The molecule has 7 nitrogen and oxygen atoms in total. The number of nitrogens with zero attached hydrogens (tertiary/aromatic N) is 3. The van der Waals surface area contributed by atoms with Crippen LogP contribution in [0.25, 0.3) is 22.4 Å². The number of hydrogen-bond acceptors (Lipinski definition) is 6. The summed E-state index contributed by atoms with van der Waals surface area (Å²) in [6, 6.07) is 18.3. The Hall–Kier alpha value is -4.60. The van der Waals surface area contributed by atoms with Crippen LogP contribution in [0.1, 0.15) is 34.5 Å². The van der Waals surface area contributed by atoms with Crippen LogP contribution >= 0.6 is 0 Å². The molecule has 4 aromatic rings. The van der Waals surface area contributed by atoms with Gasteiger partial charge in [0.2, 0.25) is 5.91 Å². The number of halogens is 3. The zero-order valence-corrected chi connectivity index (χ0v) is 21.3. The van der Waals surface area contributed by atoms with Crippen LogP contribution in [0.2, 0.25) is 0 Å². The Bertz CT molecular complexity index is 1490. The van der Waals surface area contributed by atoms with Gasteiger partial charge in [0.05, 0.1) is 5.69 Å². The number of carbonyl (C=O) groups excluding carboxylic acids is 2. The SMILES string of the molecule is CNc1ccc(C)c(-c2cccc(-c3cc(NC(=O)C4CC4)ncn3)c2)c1.O=Cc1ccnc(C(F)(F)F)c1. The third-order valence-corrected chi connectivity index (χ3v) is 6.07. The van der Waals surface area contributed by atoms with Gasteiger partial charge in [-0.15, -0.1) is 0 Å². The smallest absolute Gasteiger partial charge is 0.388 e. The second-order valence-electron chi connectivity index (χ2n) is 9.00. The summed E-state index contributed by atoms with van der Waals surface area (Å²) in [5.74, 6) is 0.748. The zero-order chi connectivity index (χ0) is 28.0. The van der Waals surface area contributed by atoms with Crippen molar-refractivity contribution in [1.29, 1.82) is 0 Å². The van der Waals surface area contributed by atoms with Crippen molar-refractivity contribution in [3.63, 3.8) is 0 Å². The first kappa shape index (κ1) is 27.4. The summed E-state index contributed by atoms with van der Waals surface area (Å²) < 4.78 is 35.8. The highest BCUT2D eigenvalue weighted by atomic mass is 19.4. The number of aldehydes is 1. The molecule has 2 aromatic carbocycles. The number of hydrogen-bond donors (Lipinski definition) is 2. The van der Waals surface area contributed by atoms with Crippen LogP contribution < -0.4 is 10.6 Å². The van der Waals surface area contributed by atoms with Crippen LogP contribution in [0.3, 0.4) is 0 Å². The molecular formula is C29H26F3N5O2. The Kier molecular flexibility index (Phi) is 8.33. The molecule has 5 rings (SSSR count). The van der Waals surface area contributed by atoms with Gasteiger partial charge in [0.15, 0.2) is 0 Å². The number of alkyl halides is 3. The molecule has 0 radical (unpaired) electrons. The van der Waals surface area contributed by atoms with Crippen LogP contribution in [0.15, 0.2) is 73.2 Å². The van der Waals surface area contributed by atoms with E-state index in [0.29, 0.717) is 18.2 Å². The fourth-order valence-electron chi connectivity index (χ4n) is 3.77. The van der Waals surface area contributed by atoms with E-state index in [4.69, 9.17) is 0 Å². The standard InChI is InChI=1S/C22H22N4O.C7H4F3NO/c1-14-6-9-18(23-2)11-19(14)16-4-3-5-17(10-16)20-12-21(25-13-24-20)26-22(27)15-7-8-15;8-7(9,10)6-3-5(4-12)1-2-11-6/h3-6,9-13,15,23H,7-8H2,1-2H3,(H,24,25,26,27);1-4H. The Morgan fingerprint density at radius 3 is 2.44 bits per heavy atom. The molecular weight excluding hydrogens is 507 g/mol. The summed E-state index contributed by atoms with van der Waals surface area (Å²) in [6.45, 7) is 2.11. The second-order valence-corrected chi connectivity index (χ2v) is 9.00. The second kappa shape index (κ2) is 11.8. The van der Waals surface area contributed by atoms with Gasteiger partial charge in [0, 0.05) is 42.0 Å². The molecule has 0 aliphatic heterocycles. The number of rotatable bonds is 6. The Labute approximate surface area is 223 Å². The number of anilines is 2. The average Bonchev–Trinajstić information content (AvgIpc) is 3.80. The molecule has 1 aliphatic rings. The van der Waals surface area contributed by atoms with E-state index in [-0.39, 0.29) is 17.4 Å². The fraction of sp³-hybridized carbons (Fsp3) is 0.207. The molecule has 1 amide bonds. The lowest BCUT2D eigenvalue weighted by atomic mass is 9.97. The summed E-state index contributed by atoms with van der Waals surface area (Å²) in [4.78, 5) is 33.7. The third-order valence-electron chi connectivity index (χ3n) is 6.07. The number of aryl methyl sites for hydroxylation is 1. The number of benzene rings is 2. The van der Waals surface area contributed by atoms with Gasteiger partial charge in [0.25, 0.3) is 0 Å². The number of nitrogens with one attached hydrogen (secondary N) is 2. The first-order chi connectivity index (χ1) is 18.7. The van der Waals surface area contributed by atoms with Crippen LogP contribution in [0, 0.1) is 12.8 Å².